The van der Waals surface area contributed by atoms with Crippen molar-refractivity contribution in [3.05, 3.63) is 34.9 Å². The minimum absolute atomic E-state index is 0.354. The molecule has 1 aromatic carbocycles. The Morgan fingerprint density at radius 2 is 2.10 bits per heavy atom. The minimum atomic E-state index is 0.354. The fourth-order valence-corrected chi connectivity index (χ4v) is 2.95. The number of carbonyl (C=O) groups excluding carboxylic acids is 1. The summed E-state index contributed by atoms with van der Waals surface area (Å²) in [6.07, 6.45) is 1.81. The van der Waals surface area contributed by atoms with Crippen molar-refractivity contribution in [2.24, 2.45) is 5.92 Å². The highest BCUT2D eigenvalue weighted by Gasteiger charge is 2.25. The van der Waals surface area contributed by atoms with Gasteiger partial charge < -0.3 is 4.90 Å². The third-order valence-electron chi connectivity index (χ3n) is 3.77. The number of halogens is 1. The molecule has 0 amide bonds. The maximum atomic E-state index is 11.9. The van der Waals surface area contributed by atoms with Crippen molar-refractivity contribution in [1.82, 2.24) is 9.80 Å². The van der Waals surface area contributed by atoms with Crippen LogP contribution in [0.15, 0.2) is 24.3 Å². The van der Waals surface area contributed by atoms with E-state index in [1.165, 1.54) is 0 Å². The maximum absolute atomic E-state index is 11.9. The van der Waals surface area contributed by atoms with Crippen molar-refractivity contribution in [3.8, 4) is 0 Å². The summed E-state index contributed by atoms with van der Waals surface area (Å²) in [5.74, 6) is 0.827. The first-order chi connectivity index (χ1) is 9.54. The van der Waals surface area contributed by atoms with E-state index in [1.54, 1.807) is 0 Å². The molecule has 0 bridgehead atoms. The number of nitrogens with zero attached hydrogens (tertiary/aromatic N) is 2. The van der Waals surface area contributed by atoms with E-state index < -0.39 is 0 Å². The fraction of sp³-hybridized carbons (Fsp3) is 0.562. The summed E-state index contributed by atoms with van der Waals surface area (Å²) in [6.45, 7) is 3.36. The van der Waals surface area contributed by atoms with Gasteiger partial charge in [-0.25, -0.2) is 0 Å². The molecule has 1 aromatic rings. The Bertz CT molecular complexity index is 462. The first kappa shape index (κ1) is 15.5. The number of hydrogen-bond donors (Lipinski definition) is 0. The van der Waals surface area contributed by atoms with Crippen LogP contribution in [-0.2, 0) is 11.3 Å². The number of hydrogen-bond acceptors (Lipinski definition) is 3. The number of Topliss-reactive ketones (excluding diaryl/α,β-unsaturated/α-hetero) is 1. The Labute approximate surface area is 126 Å². The molecule has 0 spiro atoms. The third kappa shape index (κ3) is 4.58. The molecule has 4 heteroatoms. The van der Waals surface area contributed by atoms with Crippen LogP contribution >= 0.6 is 11.6 Å². The molecule has 0 aromatic heterocycles. The van der Waals surface area contributed by atoms with Gasteiger partial charge >= 0.3 is 0 Å². The highest BCUT2D eigenvalue weighted by Crippen LogP contribution is 2.22. The number of likely N-dealkylation sites (tertiary alicyclic amines) is 1. The lowest BCUT2D eigenvalue weighted by Gasteiger charge is -2.32. The van der Waals surface area contributed by atoms with Crippen LogP contribution in [0.3, 0.4) is 0 Å². The molecule has 0 saturated carbocycles. The van der Waals surface area contributed by atoms with Gasteiger partial charge in [0.2, 0.25) is 0 Å². The summed E-state index contributed by atoms with van der Waals surface area (Å²) >= 11 is 6.20. The first-order valence-electron chi connectivity index (χ1n) is 7.17. The molecule has 20 heavy (non-hydrogen) atoms. The van der Waals surface area contributed by atoms with E-state index >= 15 is 0 Å². The van der Waals surface area contributed by atoms with Gasteiger partial charge in [-0.3, -0.25) is 9.69 Å². The number of piperidine rings is 1. The van der Waals surface area contributed by atoms with Crippen LogP contribution in [0.5, 0.6) is 0 Å². The minimum Gasteiger partial charge on any atom is -0.309 e. The molecule has 1 saturated heterocycles. The third-order valence-corrected chi connectivity index (χ3v) is 4.14. The molecule has 1 heterocycles. The second kappa shape index (κ2) is 7.21. The maximum Gasteiger partial charge on any atom is 0.147 e. The van der Waals surface area contributed by atoms with E-state index in [9.17, 15) is 4.79 Å². The molecule has 0 radical (unpaired) electrons. The SMILES string of the molecule is CN(C)CCC1CC(=O)CN(Cc2ccccc2Cl)C1. The van der Waals surface area contributed by atoms with E-state index in [2.05, 4.69) is 23.9 Å². The van der Waals surface area contributed by atoms with Gasteiger partial charge in [0.05, 0.1) is 6.54 Å². The van der Waals surface area contributed by atoms with Gasteiger partial charge in [0.25, 0.3) is 0 Å². The van der Waals surface area contributed by atoms with Gasteiger partial charge in [-0.2, -0.15) is 0 Å². The van der Waals surface area contributed by atoms with Crippen LogP contribution in [0.4, 0.5) is 0 Å². The second-order valence-electron chi connectivity index (χ2n) is 5.96. The molecule has 1 unspecified atom stereocenters. The summed E-state index contributed by atoms with van der Waals surface area (Å²) in [4.78, 5) is 16.3. The smallest absolute Gasteiger partial charge is 0.147 e. The summed E-state index contributed by atoms with van der Waals surface area (Å²) in [5, 5.41) is 0.787. The molecule has 3 nitrogen and oxygen atoms in total. The second-order valence-corrected chi connectivity index (χ2v) is 6.37. The van der Waals surface area contributed by atoms with Crippen LogP contribution in [-0.4, -0.2) is 49.3 Å². The first-order valence-corrected chi connectivity index (χ1v) is 7.54. The highest BCUT2D eigenvalue weighted by molar-refractivity contribution is 6.31. The number of rotatable bonds is 5. The topological polar surface area (TPSA) is 23.6 Å². The Kier molecular flexibility index (Phi) is 5.58. The van der Waals surface area contributed by atoms with Crippen molar-refractivity contribution in [2.75, 3.05) is 33.7 Å². The van der Waals surface area contributed by atoms with E-state index in [4.69, 9.17) is 11.6 Å². The van der Waals surface area contributed by atoms with Gasteiger partial charge in [-0.1, -0.05) is 29.8 Å². The van der Waals surface area contributed by atoms with E-state index in [1.807, 2.05) is 24.3 Å². The Balaban J connectivity index is 1.94. The molecule has 1 aliphatic heterocycles. The molecular formula is C16H23ClN2O. The summed E-state index contributed by atoms with van der Waals surface area (Å²) in [5.41, 5.74) is 1.11. The van der Waals surface area contributed by atoms with Gasteiger partial charge in [-0.05, 0) is 44.6 Å². The summed E-state index contributed by atoms with van der Waals surface area (Å²) in [7, 11) is 4.15. The monoisotopic (exact) mass is 294 g/mol. The molecular weight excluding hydrogens is 272 g/mol. The molecule has 0 aliphatic carbocycles. The summed E-state index contributed by atoms with van der Waals surface area (Å²) in [6, 6.07) is 7.88. The Hall–Kier alpha value is -0.900. The van der Waals surface area contributed by atoms with Gasteiger partial charge in [0, 0.05) is 24.5 Å². The number of benzene rings is 1. The van der Waals surface area contributed by atoms with Crippen molar-refractivity contribution in [3.63, 3.8) is 0 Å². The predicted molar refractivity (Wildman–Crippen MR) is 83.0 cm³/mol. The molecule has 1 fully saturated rings. The number of carbonyl (C=O) groups is 1. The van der Waals surface area contributed by atoms with Gasteiger partial charge in [0.15, 0.2) is 0 Å². The quantitative estimate of drug-likeness (QED) is 0.834. The van der Waals surface area contributed by atoms with Crippen LogP contribution in [0.25, 0.3) is 0 Å². The van der Waals surface area contributed by atoms with Crippen molar-refractivity contribution in [2.45, 2.75) is 19.4 Å². The van der Waals surface area contributed by atoms with E-state index in [-0.39, 0.29) is 0 Å². The van der Waals surface area contributed by atoms with E-state index in [0.29, 0.717) is 18.2 Å². The molecule has 2 rings (SSSR count). The summed E-state index contributed by atoms with van der Waals surface area (Å²) < 4.78 is 0. The fourth-order valence-electron chi connectivity index (χ4n) is 2.75. The molecule has 110 valence electrons. The molecule has 0 N–H and O–H groups in total. The Morgan fingerprint density at radius 1 is 1.35 bits per heavy atom. The zero-order chi connectivity index (χ0) is 14.5. The highest BCUT2D eigenvalue weighted by atomic mass is 35.5. The lowest BCUT2D eigenvalue weighted by Crippen LogP contribution is -2.41. The van der Waals surface area contributed by atoms with Gasteiger partial charge in [-0.15, -0.1) is 0 Å². The normalized spacial score (nSPS) is 20.6. The Morgan fingerprint density at radius 3 is 2.80 bits per heavy atom. The predicted octanol–water partition coefficient (Wildman–Crippen LogP) is 2.68. The van der Waals surface area contributed by atoms with Crippen molar-refractivity contribution >= 4 is 17.4 Å². The average molecular weight is 295 g/mol. The van der Waals surface area contributed by atoms with Crippen molar-refractivity contribution < 1.29 is 4.79 Å². The number of ketones is 1. The zero-order valence-electron chi connectivity index (χ0n) is 12.3. The largest absolute Gasteiger partial charge is 0.309 e. The van der Waals surface area contributed by atoms with Crippen LogP contribution in [0.2, 0.25) is 5.02 Å². The lowest BCUT2D eigenvalue weighted by atomic mass is 9.93. The molecule has 1 aliphatic rings. The standard InChI is InChI=1S/C16H23ClN2O/c1-18(2)8-7-13-9-15(20)12-19(10-13)11-14-5-3-4-6-16(14)17/h3-6,13H,7-12H2,1-2H3. The van der Waals surface area contributed by atoms with Crippen molar-refractivity contribution in [1.29, 1.82) is 0 Å². The van der Waals surface area contributed by atoms with Crippen LogP contribution < -0.4 is 0 Å². The zero-order valence-corrected chi connectivity index (χ0v) is 13.1. The van der Waals surface area contributed by atoms with Gasteiger partial charge in [0.1, 0.15) is 5.78 Å². The van der Waals surface area contributed by atoms with E-state index in [0.717, 1.165) is 43.1 Å². The van der Waals surface area contributed by atoms with Crippen LogP contribution in [0, 0.1) is 5.92 Å². The average Bonchev–Trinajstić information content (AvgIpc) is 2.38. The van der Waals surface area contributed by atoms with Crippen LogP contribution in [0.1, 0.15) is 18.4 Å². The lowest BCUT2D eigenvalue weighted by molar-refractivity contribution is -0.124. The molecule has 1 atom stereocenters.